The fourth-order valence-electron chi connectivity index (χ4n) is 1.57. The van der Waals surface area contributed by atoms with Crippen molar-refractivity contribution in [3.05, 3.63) is 60.2 Å². The van der Waals surface area contributed by atoms with Gasteiger partial charge >= 0.3 is 0 Å². The van der Waals surface area contributed by atoms with Crippen LogP contribution in [0, 0.1) is 11.6 Å². The summed E-state index contributed by atoms with van der Waals surface area (Å²) in [7, 11) is 0. The fraction of sp³-hybridized carbons (Fsp3) is 0.133. The number of hydrogen-bond donors (Lipinski definition) is 1. The molecule has 1 amide bonds. The minimum atomic E-state index is -1.01. The molecule has 1 unspecified atom stereocenters. The van der Waals surface area contributed by atoms with Crippen LogP contribution in [0.2, 0.25) is 0 Å². The molecule has 0 aliphatic rings. The highest BCUT2D eigenvalue weighted by molar-refractivity contribution is 5.94. The number of ether oxygens (including phenoxy) is 1. The first-order chi connectivity index (χ1) is 9.56. The van der Waals surface area contributed by atoms with Crippen molar-refractivity contribution < 1.29 is 18.3 Å². The summed E-state index contributed by atoms with van der Waals surface area (Å²) in [6.45, 7) is 1.57. The zero-order chi connectivity index (χ0) is 14.5. The van der Waals surface area contributed by atoms with Gasteiger partial charge in [0.2, 0.25) is 0 Å². The molecule has 104 valence electrons. The van der Waals surface area contributed by atoms with Gasteiger partial charge in [-0.05, 0) is 31.2 Å². The molecule has 0 fully saturated rings. The Morgan fingerprint density at radius 3 is 2.45 bits per heavy atom. The Labute approximate surface area is 115 Å². The standard InChI is InChI=1S/C15H13F2NO2/c1-10(20-12-5-3-2-4-6-12)15(19)18-11-7-8-13(16)14(17)9-11/h2-10H,1H3,(H,18,19). The average molecular weight is 277 g/mol. The van der Waals surface area contributed by atoms with Crippen LogP contribution in [0.15, 0.2) is 48.5 Å². The maximum absolute atomic E-state index is 13.0. The third kappa shape index (κ3) is 3.54. The largest absolute Gasteiger partial charge is 0.481 e. The molecule has 3 nitrogen and oxygen atoms in total. The molecule has 1 N–H and O–H groups in total. The monoisotopic (exact) mass is 277 g/mol. The Kier molecular flexibility index (Phi) is 4.30. The number of hydrogen-bond acceptors (Lipinski definition) is 2. The van der Waals surface area contributed by atoms with Gasteiger partial charge in [0.1, 0.15) is 5.75 Å². The second-order valence-corrected chi connectivity index (χ2v) is 4.19. The first kappa shape index (κ1) is 14.0. The van der Waals surface area contributed by atoms with E-state index in [1.807, 2.05) is 6.07 Å². The number of nitrogens with one attached hydrogen (secondary N) is 1. The van der Waals surface area contributed by atoms with Crippen molar-refractivity contribution in [3.63, 3.8) is 0 Å². The van der Waals surface area contributed by atoms with E-state index >= 15 is 0 Å². The second-order valence-electron chi connectivity index (χ2n) is 4.19. The molecule has 2 rings (SSSR count). The van der Waals surface area contributed by atoms with E-state index in [2.05, 4.69) is 5.32 Å². The van der Waals surface area contributed by atoms with Gasteiger partial charge in [-0.2, -0.15) is 0 Å². The summed E-state index contributed by atoms with van der Waals surface area (Å²) in [6.07, 6.45) is -0.759. The van der Waals surface area contributed by atoms with Crippen molar-refractivity contribution in [2.45, 2.75) is 13.0 Å². The van der Waals surface area contributed by atoms with E-state index in [1.54, 1.807) is 31.2 Å². The molecule has 0 bridgehead atoms. The Balaban J connectivity index is 1.99. The summed E-state index contributed by atoms with van der Waals surface area (Å²) in [5.74, 6) is -1.86. The molecular formula is C15H13F2NO2. The molecule has 0 aliphatic heterocycles. The summed E-state index contributed by atoms with van der Waals surface area (Å²) in [4.78, 5) is 11.9. The number of carbonyl (C=O) groups excluding carboxylic acids is 1. The van der Waals surface area contributed by atoms with E-state index < -0.39 is 23.6 Å². The first-order valence-electron chi connectivity index (χ1n) is 6.04. The van der Waals surface area contributed by atoms with Gasteiger partial charge in [0.15, 0.2) is 17.7 Å². The van der Waals surface area contributed by atoms with E-state index in [0.29, 0.717) is 5.75 Å². The number of para-hydroxylation sites is 1. The number of rotatable bonds is 4. The summed E-state index contributed by atoms with van der Waals surface area (Å²) >= 11 is 0. The number of halogens is 2. The van der Waals surface area contributed by atoms with Crippen LogP contribution in [-0.2, 0) is 4.79 Å². The molecule has 0 aliphatic carbocycles. The lowest BCUT2D eigenvalue weighted by atomic mass is 10.2. The average Bonchev–Trinajstić information content (AvgIpc) is 2.44. The SMILES string of the molecule is CC(Oc1ccccc1)C(=O)Nc1ccc(F)c(F)c1. The molecule has 1 atom stereocenters. The smallest absolute Gasteiger partial charge is 0.265 e. The van der Waals surface area contributed by atoms with Crippen molar-refractivity contribution in [1.29, 1.82) is 0 Å². The normalized spacial score (nSPS) is 11.8. The van der Waals surface area contributed by atoms with E-state index in [0.717, 1.165) is 12.1 Å². The molecule has 20 heavy (non-hydrogen) atoms. The van der Waals surface area contributed by atoms with Gasteiger partial charge in [-0.25, -0.2) is 8.78 Å². The van der Waals surface area contributed by atoms with Gasteiger partial charge in [-0.15, -0.1) is 0 Å². The van der Waals surface area contributed by atoms with Crippen LogP contribution < -0.4 is 10.1 Å². The van der Waals surface area contributed by atoms with E-state index in [9.17, 15) is 13.6 Å². The van der Waals surface area contributed by atoms with Gasteiger partial charge in [0.05, 0.1) is 0 Å². The molecule has 2 aromatic carbocycles. The minimum absolute atomic E-state index is 0.178. The van der Waals surface area contributed by atoms with Gasteiger partial charge in [0, 0.05) is 11.8 Å². The molecule has 0 aromatic heterocycles. The van der Waals surface area contributed by atoms with Gasteiger partial charge in [0.25, 0.3) is 5.91 Å². The van der Waals surface area contributed by atoms with Crippen LogP contribution in [0.25, 0.3) is 0 Å². The van der Waals surface area contributed by atoms with Crippen molar-refractivity contribution in [2.75, 3.05) is 5.32 Å². The highest BCUT2D eigenvalue weighted by atomic mass is 19.2. The maximum Gasteiger partial charge on any atom is 0.265 e. The van der Waals surface area contributed by atoms with Crippen LogP contribution in [-0.4, -0.2) is 12.0 Å². The molecule has 5 heteroatoms. The molecular weight excluding hydrogens is 264 g/mol. The zero-order valence-electron chi connectivity index (χ0n) is 10.8. The third-order valence-electron chi connectivity index (χ3n) is 2.61. The van der Waals surface area contributed by atoms with Crippen LogP contribution in [0.3, 0.4) is 0 Å². The molecule has 0 saturated heterocycles. The van der Waals surface area contributed by atoms with Crippen molar-refractivity contribution >= 4 is 11.6 Å². The molecule has 0 spiro atoms. The third-order valence-corrected chi connectivity index (χ3v) is 2.61. The van der Waals surface area contributed by atoms with Crippen LogP contribution in [0.5, 0.6) is 5.75 Å². The van der Waals surface area contributed by atoms with Crippen molar-refractivity contribution in [1.82, 2.24) is 0 Å². The van der Waals surface area contributed by atoms with Crippen LogP contribution in [0.1, 0.15) is 6.92 Å². The summed E-state index contributed by atoms with van der Waals surface area (Å²) in [5.41, 5.74) is 0.178. The van der Waals surface area contributed by atoms with Crippen molar-refractivity contribution in [3.8, 4) is 5.75 Å². The summed E-state index contributed by atoms with van der Waals surface area (Å²) in [6, 6.07) is 12.0. The van der Waals surface area contributed by atoms with Crippen molar-refractivity contribution in [2.24, 2.45) is 0 Å². The number of amides is 1. The maximum atomic E-state index is 13.0. The fourth-order valence-corrected chi connectivity index (χ4v) is 1.57. The van der Waals surface area contributed by atoms with Gasteiger partial charge < -0.3 is 10.1 Å². The Morgan fingerprint density at radius 1 is 1.10 bits per heavy atom. The molecule has 2 aromatic rings. The highest BCUT2D eigenvalue weighted by Gasteiger charge is 2.15. The minimum Gasteiger partial charge on any atom is -0.481 e. The Bertz CT molecular complexity index is 602. The Morgan fingerprint density at radius 2 is 1.80 bits per heavy atom. The quantitative estimate of drug-likeness (QED) is 0.930. The van der Waals surface area contributed by atoms with E-state index in [4.69, 9.17) is 4.74 Å². The van der Waals surface area contributed by atoms with Crippen LogP contribution in [0.4, 0.5) is 14.5 Å². The lowest BCUT2D eigenvalue weighted by molar-refractivity contribution is -0.122. The second kappa shape index (κ2) is 6.14. The van der Waals surface area contributed by atoms with Crippen LogP contribution >= 0.6 is 0 Å². The van der Waals surface area contributed by atoms with E-state index in [-0.39, 0.29) is 5.69 Å². The van der Waals surface area contributed by atoms with Gasteiger partial charge in [-0.3, -0.25) is 4.79 Å². The number of benzene rings is 2. The zero-order valence-corrected chi connectivity index (χ0v) is 10.8. The van der Waals surface area contributed by atoms with E-state index in [1.165, 1.54) is 6.07 Å². The highest BCUT2D eigenvalue weighted by Crippen LogP contribution is 2.15. The molecule has 0 saturated carbocycles. The topological polar surface area (TPSA) is 38.3 Å². The first-order valence-corrected chi connectivity index (χ1v) is 6.04. The number of carbonyl (C=O) groups is 1. The lowest BCUT2D eigenvalue weighted by Gasteiger charge is -2.14. The predicted octanol–water partition coefficient (Wildman–Crippen LogP) is 3.37. The Hall–Kier alpha value is -2.43. The predicted molar refractivity (Wildman–Crippen MR) is 71.5 cm³/mol. The number of anilines is 1. The molecule has 0 radical (unpaired) electrons. The molecule has 0 heterocycles. The van der Waals surface area contributed by atoms with Gasteiger partial charge in [-0.1, -0.05) is 18.2 Å². The summed E-state index contributed by atoms with van der Waals surface area (Å²) in [5, 5.41) is 2.46. The summed E-state index contributed by atoms with van der Waals surface area (Å²) < 4.78 is 31.2. The lowest BCUT2D eigenvalue weighted by Crippen LogP contribution is -2.30.